The molecule has 172 valence electrons. The first-order valence-electron chi connectivity index (χ1n) is 10.7. The Morgan fingerprint density at radius 1 is 1.18 bits per heavy atom. The molecule has 0 bridgehead atoms. The average Bonchev–Trinajstić information content (AvgIpc) is 3.20. The number of pyridine rings is 1. The highest BCUT2D eigenvalue weighted by Gasteiger charge is 2.35. The summed E-state index contributed by atoms with van der Waals surface area (Å²) in [6.45, 7) is 7.47. The third kappa shape index (κ3) is 4.88. The third-order valence-electron chi connectivity index (χ3n) is 5.33. The summed E-state index contributed by atoms with van der Waals surface area (Å²) in [6.07, 6.45) is 6.08. The molecule has 0 unspecified atom stereocenters. The van der Waals surface area contributed by atoms with Crippen molar-refractivity contribution in [2.45, 2.75) is 45.9 Å². The van der Waals surface area contributed by atoms with Gasteiger partial charge in [-0.25, -0.2) is 4.79 Å². The van der Waals surface area contributed by atoms with Crippen LogP contribution in [0.1, 0.15) is 27.7 Å². The van der Waals surface area contributed by atoms with Gasteiger partial charge in [0, 0.05) is 31.4 Å². The molecule has 2 amide bonds. The molecule has 3 aromatic rings. The average molecular weight is 450 g/mol. The van der Waals surface area contributed by atoms with Gasteiger partial charge in [0.2, 0.25) is 5.91 Å². The van der Waals surface area contributed by atoms with E-state index in [0.29, 0.717) is 23.7 Å². The second kappa shape index (κ2) is 8.67. The van der Waals surface area contributed by atoms with Crippen molar-refractivity contribution in [3.8, 4) is 16.9 Å². The van der Waals surface area contributed by atoms with Gasteiger partial charge in [-0.3, -0.25) is 19.4 Å². The predicted molar refractivity (Wildman–Crippen MR) is 124 cm³/mol. The van der Waals surface area contributed by atoms with Crippen LogP contribution in [0.2, 0.25) is 0 Å². The molecular formula is C24H27N5O4. The highest BCUT2D eigenvalue weighted by atomic mass is 16.6. The van der Waals surface area contributed by atoms with Gasteiger partial charge in [0.05, 0.1) is 42.0 Å². The first kappa shape index (κ1) is 22.5. The smallest absolute Gasteiger partial charge is 0.408 e. The molecule has 1 aliphatic rings. The number of hydrogen-bond donors (Lipinski definition) is 1. The molecular weight excluding hydrogens is 422 g/mol. The lowest BCUT2D eigenvalue weighted by Crippen LogP contribution is -2.52. The van der Waals surface area contributed by atoms with Gasteiger partial charge in [-0.15, -0.1) is 0 Å². The Morgan fingerprint density at radius 3 is 2.64 bits per heavy atom. The highest BCUT2D eigenvalue weighted by Crippen LogP contribution is 2.39. The molecule has 1 aromatic carbocycles. The zero-order valence-electron chi connectivity index (χ0n) is 19.1. The lowest BCUT2D eigenvalue weighted by atomic mass is 10.0. The lowest BCUT2D eigenvalue weighted by molar-refractivity contribution is -0.117. The molecule has 9 heteroatoms. The number of fused-ring (bicyclic) bond motifs is 1. The molecule has 1 aliphatic heterocycles. The van der Waals surface area contributed by atoms with E-state index < -0.39 is 11.7 Å². The van der Waals surface area contributed by atoms with Crippen LogP contribution in [0.15, 0.2) is 55.1 Å². The number of amides is 2. The van der Waals surface area contributed by atoms with Crippen LogP contribution in [0.5, 0.6) is 5.75 Å². The maximum Gasteiger partial charge on any atom is 0.419 e. The van der Waals surface area contributed by atoms with Gasteiger partial charge in [-0.05, 0) is 50.6 Å². The quantitative estimate of drug-likeness (QED) is 0.655. The molecule has 0 fully saturated rings. The predicted octanol–water partition coefficient (Wildman–Crippen LogP) is 3.48. The molecule has 33 heavy (non-hydrogen) atoms. The highest BCUT2D eigenvalue weighted by molar-refractivity contribution is 6.03. The number of hydrogen-bond acceptors (Lipinski definition) is 6. The van der Waals surface area contributed by atoms with Crippen LogP contribution in [0, 0.1) is 0 Å². The number of anilines is 2. The molecule has 9 nitrogen and oxygen atoms in total. The standard InChI is InChI=1S/C24H27N5O4/c1-16-13-28(23(31)33-20-6-5-9-25-12-20)22-10-18(7-8-21(22)29(16)17(2)30)19-11-26-27(14-19)15-24(3,4)32/h5-12,14,16,32H,13,15H2,1-4H3/t16-/m0/s1. The van der Waals surface area contributed by atoms with Crippen molar-refractivity contribution in [1.82, 2.24) is 14.8 Å². The second-order valence-electron chi connectivity index (χ2n) is 8.85. The molecule has 3 heterocycles. The number of carbonyl (C=O) groups is 2. The molecule has 1 atom stereocenters. The zero-order chi connectivity index (χ0) is 23.8. The van der Waals surface area contributed by atoms with E-state index >= 15 is 0 Å². The fourth-order valence-corrected chi connectivity index (χ4v) is 4.02. The monoisotopic (exact) mass is 449 g/mol. The van der Waals surface area contributed by atoms with E-state index in [-0.39, 0.29) is 18.5 Å². The van der Waals surface area contributed by atoms with Gasteiger partial charge in [0.1, 0.15) is 0 Å². The third-order valence-corrected chi connectivity index (χ3v) is 5.33. The van der Waals surface area contributed by atoms with E-state index in [4.69, 9.17) is 4.74 Å². The van der Waals surface area contributed by atoms with E-state index in [1.54, 1.807) is 48.0 Å². The minimum atomic E-state index is -0.899. The van der Waals surface area contributed by atoms with Crippen molar-refractivity contribution in [3.05, 3.63) is 55.1 Å². The maximum atomic E-state index is 13.1. The van der Waals surface area contributed by atoms with Crippen LogP contribution in [0.25, 0.3) is 11.1 Å². The summed E-state index contributed by atoms with van der Waals surface area (Å²) in [6, 6.07) is 8.71. The maximum absolute atomic E-state index is 13.1. The van der Waals surface area contributed by atoms with Crippen LogP contribution in [-0.2, 0) is 11.3 Å². The second-order valence-corrected chi connectivity index (χ2v) is 8.85. The Labute approximate surface area is 192 Å². The van der Waals surface area contributed by atoms with Crippen molar-refractivity contribution in [1.29, 1.82) is 0 Å². The summed E-state index contributed by atoms with van der Waals surface area (Å²) in [5.74, 6) is 0.240. The van der Waals surface area contributed by atoms with Gasteiger partial charge in [-0.1, -0.05) is 6.07 Å². The number of benzene rings is 1. The minimum absolute atomic E-state index is 0.102. The van der Waals surface area contributed by atoms with Gasteiger partial charge >= 0.3 is 6.09 Å². The van der Waals surface area contributed by atoms with Crippen LogP contribution in [0.3, 0.4) is 0 Å². The molecule has 2 aromatic heterocycles. The molecule has 0 saturated heterocycles. The van der Waals surface area contributed by atoms with Crippen LogP contribution < -0.4 is 14.5 Å². The van der Waals surface area contributed by atoms with Gasteiger partial charge in [-0.2, -0.15) is 5.10 Å². The number of nitrogens with zero attached hydrogens (tertiary/aromatic N) is 5. The van der Waals surface area contributed by atoms with Crippen molar-refractivity contribution in [2.24, 2.45) is 0 Å². The summed E-state index contributed by atoms with van der Waals surface area (Å²) in [5, 5.41) is 14.4. The van der Waals surface area contributed by atoms with Crippen LogP contribution >= 0.6 is 0 Å². The summed E-state index contributed by atoms with van der Waals surface area (Å²) < 4.78 is 7.21. The molecule has 0 radical (unpaired) electrons. The Morgan fingerprint density at radius 2 is 1.97 bits per heavy atom. The van der Waals surface area contributed by atoms with E-state index in [1.165, 1.54) is 18.0 Å². The number of ether oxygens (including phenoxy) is 1. The number of rotatable bonds is 4. The number of aromatic nitrogens is 3. The molecule has 0 saturated carbocycles. The van der Waals surface area contributed by atoms with Crippen molar-refractivity contribution < 1.29 is 19.4 Å². The van der Waals surface area contributed by atoms with Gasteiger partial charge in [0.15, 0.2) is 5.75 Å². The first-order valence-corrected chi connectivity index (χ1v) is 10.7. The van der Waals surface area contributed by atoms with Crippen LogP contribution in [0.4, 0.5) is 16.2 Å². The van der Waals surface area contributed by atoms with E-state index in [0.717, 1.165) is 11.1 Å². The Hall–Kier alpha value is -3.72. The Balaban J connectivity index is 1.71. The fraction of sp³-hybridized carbons (Fsp3) is 0.333. The van der Waals surface area contributed by atoms with Gasteiger partial charge in [0.25, 0.3) is 0 Å². The topological polar surface area (TPSA) is 101 Å². The van der Waals surface area contributed by atoms with Crippen molar-refractivity contribution in [2.75, 3.05) is 16.3 Å². The Bertz CT molecular complexity index is 1170. The molecule has 0 spiro atoms. The normalized spacial score (nSPS) is 15.8. The SMILES string of the molecule is CC(=O)N1c2ccc(-c3cnn(CC(C)(C)O)c3)cc2N(C(=O)Oc2cccnc2)C[C@@H]1C. The lowest BCUT2D eigenvalue weighted by Gasteiger charge is -2.40. The zero-order valence-corrected chi connectivity index (χ0v) is 19.1. The first-order chi connectivity index (χ1) is 15.6. The molecule has 4 rings (SSSR count). The van der Waals surface area contributed by atoms with Crippen LogP contribution in [-0.4, -0.2) is 50.1 Å². The van der Waals surface area contributed by atoms with Gasteiger partial charge < -0.3 is 14.7 Å². The van der Waals surface area contributed by atoms with E-state index in [1.807, 2.05) is 31.3 Å². The van der Waals surface area contributed by atoms with Crippen molar-refractivity contribution in [3.63, 3.8) is 0 Å². The van der Waals surface area contributed by atoms with E-state index in [2.05, 4.69) is 10.1 Å². The Kier molecular flexibility index (Phi) is 5.90. The summed E-state index contributed by atoms with van der Waals surface area (Å²) in [5.41, 5.74) is 1.97. The van der Waals surface area contributed by atoms with Crippen molar-refractivity contribution >= 4 is 23.4 Å². The molecule has 1 N–H and O–H groups in total. The fourth-order valence-electron chi connectivity index (χ4n) is 4.02. The largest absolute Gasteiger partial charge is 0.419 e. The summed E-state index contributed by atoms with van der Waals surface area (Å²) in [4.78, 5) is 32.7. The minimum Gasteiger partial charge on any atom is -0.408 e. The number of aliphatic hydroxyl groups is 1. The molecule has 0 aliphatic carbocycles. The number of carbonyl (C=O) groups excluding carboxylic acids is 2. The van der Waals surface area contributed by atoms with E-state index in [9.17, 15) is 14.7 Å². The summed E-state index contributed by atoms with van der Waals surface area (Å²) in [7, 11) is 0. The summed E-state index contributed by atoms with van der Waals surface area (Å²) >= 11 is 0.